The number of alkyl halides is 3. The van der Waals surface area contributed by atoms with E-state index in [4.69, 9.17) is 5.73 Å². The lowest BCUT2D eigenvalue weighted by molar-refractivity contribution is -0.141. The van der Waals surface area contributed by atoms with E-state index in [0.717, 1.165) is 6.07 Å². The molecule has 0 bridgehead atoms. The molecule has 11 heteroatoms. The van der Waals surface area contributed by atoms with Gasteiger partial charge in [0.25, 0.3) is 0 Å². The summed E-state index contributed by atoms with van der Waals surface area (Å²) in [6.45, 7) is 5.11. The van der Waals surface area contributed by atoms with Crippen molar-refractivity contribution in [3.8, 4) is 5.82 Å². The highest BCUT2D eigenvalue weighted by Gasteiger charge is 2.44. The third-order valence-corrected chi connectivity index (χ3v) is 5.88. The number of pyridine rings is 1. The molecule has 0 spiro atoms. The van der Waals surface area contributed by atoms with E-state index in [2.05, 4.69) is 26.8 Å². The molecule has 1 aliphatic rings. The maximum atomic E-state index is 13.1. The molecular weight excluding hydrogens is 449 g/mol. The predicted molar refractivity (Wildman–Crippen MR) is 122 cm³/mol. The number of hydrogen-bond donors (Lipinski definition) is 3. The monoisotopic (exact) mass is 472 g/mol. The predicted octanol–water partition coefficient (Wildman–Crippen LogP) is 3.21. The molecule has 0 aliphatic heterocycles. The molecule has 1 aliphatic carbocycles. The van der Waals surface area contributed by atoms with Crippen LogP contribution in [0.3, 0.4) is 0 Å². The van der Waals surface area contributed by atoms with E-state index in [9.17, 15) is 23.4 Å². The van der Waals surface area contributed by atoms with Crippen LogP contribution in [0.4, 0.5) is 13.2 Å². The largest absolute Gasteiger partial charge is 0.433 e. The van der Waals surface area contributed by atoms with Gasteiger partial charge in [0.05, 0.1) is 24.0 Å². The molecule has 0 radical (unpaired) electrons. The summed E-state index contributed by atoms with van der Waals surface area (Å²) < 4.78 is 40.7. The Morgan fingerprint density at radius 2 is 2.00 bits per heavy atom. The first-order chi connectivity index (χ1) is 16.0. The molecule has 178 valence electrons. The van der Waals surface area contributed by atoms with E-state index in [1.165, 1.54) is 29.2 Å². The van der Waals surface area contributed by atoms with Crippen molar-refractivity contribution in [1.82, 2.24) is 14.8 Å². The van der Waals surface area contributed by atoms with Gasteiger partial charge in [0.15, 0.2) is 11.5 Å². The van der Waals surface area contributed by atoms with Gasteiger partial charge in [0, 0.05) is 17.0 Å². The van der Waals surface area contributed by atoms with Crippen LogP contribution in [0.5, 0.6) is 0 Å². The van der Waals surface area contributed by atoms with Crippen molar-refractivity contribution in [2.45, 2.75) is 37.8 Å². The van der Waals surface area contributed by atoms with Crippen LogP contribution < -0.4 is 5.73 Å². The van der Waals surface area contributed by atoms with Crippen LogP contribution >= 0.6 is 0 Å². The minimum atomic E-state index is -4.58. The van der Waals surface area contributed by atoms with Crippen molar-refractivity contribution in [3.05, 3.63) is 65.7 Å². The summed E-state index contributed by atoms with van der Waals surface area (Å²) in [5.74, 6) is -0.365. The van der Waals surface area contributed by atoms with Gasteiger partial charge in [0.1, 0.15) is 11.4 Å². The summed E-state index contributed by atoms with van der Waals surface area (Å²) in [6.07, 6.45) is -1.62. The van der Waals surface area contributed by atoms with E-state index >= 15 is 0 Å². The number of nitrogens with two attached hydrogens (primary N) is 1. The Kier molecular flexibility index (Phi) is 6.11. The third kappa shape index (κ3) is 4.49. The second kappa shape index (κ2) is 8.75. The van der Waals surface area contributed by atoms with Crippen molar-refractivity contribution < 1.29 is 23.4 Å². The smallest absolute Gasteiger partial charge is 0.393 e. The summed E-state index contributed by atoms with van der Waals surface area (Å²) >= 11 is 0. The number of aromatic nitrogens is 3. The summed E-state index contributed by atoms with van der Waals surface area (Å²) in [5, 5.41) is 25.3. The number of aliphatic hydroxyl groups is 2. The van der Waals surface area contributed by atoms with Crippen LogP contribution in [0.25, 0.3) is 16.7 Å². The number of halogens is 3. The Morgan fingerprint density at radius 1 is 1.26 bits per heavy atom. The van der Waals surface area contributed by atoms with Gasteiger partial charge in [-0.2, -0.15) is 18.3 Å². The van der Waals surface area contributed by atoms with Crippen LogP contribution in [0, 0.1) is 5.92 Å². The van der Waals surface area contributed by atoms with Gasteiger partial charge in [-0.15, -0.1) is 0 Å². The number of hydrogen-bond acceptors (Lipinski definition) is 7. The van der Waals surface area contributed by atoms with Crippen LogP contribution in [0.15, 0.2) is 64.5 Å². The first-order valence-electron chi connectivity index (χ1n) is 10.4. The summed E-state index contributed by atoms with van der Waals surface area (Å²) in [6, 6.07) is 8.85. The van der Waals surface area contributed by atoms with Gasteiger partial charge in [-0.3, -0.25) is 15.7 Å². The molecule has 1 saturated carbocycles. The van der Waals surface area contributed by atoms with E-state index in [-0.39, 0.29) is 17.4 Å². The van der Waals surface area contributed by atoms with Crippen molar-refractivity contribution in [1.29, 1.82) is 0 Å². The maximum Gasteiger partial charge on any atom is 0.433 e. The normalized spacial score (nSPS) is 21.3. The van der Waals surface area contributed by atoms with Crippen molar-refractivity contribution in [2.24, 2.45) is 21.6 Å². The number of benzene rings is 1. The standard InChI is InChI=1S/C23H23F3N6O2/c1-13(30-20(12-28-2)22(27,34)16-9-17(33)10-16)14-6-7-15-11-29-32(18(15)8-14)21-5-3-4-19(31-21)23(24,25)26/h3-8,11-12,16-17,33-34H,2,9-10,27H2,1H3/b20-12-,30-13?/t16?,17?,22-/m0/s1. The summed E-state index contributed by atoms with van der Waals surface area (Å²) in [4.78, 5) is 11.9. The SMILES string of the molecule is C=N/C=C(\N=C(C)c1ccc2cnn(-c3cccc(C(F)(F)F)n3)c2c1)[C@@](N)(O)C1CC(O)C1. The second-order valence-corrected chi connectivity index (χ2v) is 8.25. The molecule has 1 fully saturated rings. The topological polar surface area (TPSA) is 122 Å². The van der Waals surface area contributed by atoms with E-state index in [0.29, 0.717) is 35.0 Å². The summed E-state index contributed by atoms with van der Waals surface area (Å²) in [7, 11) is 0. The quantitative estimate of drug-likeness (QED) is 0.376. The minimum absolute atomic E-state index is 0.0212. The average Bonchev–Trinajstić information content (AvgIpc) is 3.19. The summed E-state index contributed by atoms with van der Waals surface area (Å²) in [5.41, 5.74) is 5.02. The molecule has 0 saturated heterocycles. The van der Waals surface area contributed by atoms with Crippen LogP contribution in [0.2, 0.25) is 0 Å². The van der Waals surface area contributed by atoms with E-state index in [1.807, 2.05) is 0 Å². The van der Waals surface area contributed by atoms with Crippen LogP contribution in [-0.4, -0.2) is 49.2 Å². The Morgan fingerprint density at radius 3 is 2.65 bits per heavy atom. The van der Waals surface area contributed by atoms with Crippen LogP contribution in [0.1, 0.15) is 31.0 Å². The van der Waals surface area contributed by atoms with Gasteiger partial charge in [0.2, 0.25) is 0 Å². The molecular formula is C23H23F3N6O2. The van der Waals surface area contributed by atoms with E-state index < -0.39 is 23.7 Å². The molecule has 34 heavy (non-hydrogen) atoms. The fraction of sp³-hybridized carbons (Fsp3) is 0.304. The Labute approximate surface area is 193 Å². The zero-order chi connectivity index (χ0) is 24.7. The Balaban J connectivity index is 1.72. The van der Waals surface area contributed by atoms with Crippen molar-refractivity contribution in [3.63, 3.8) is 0 Å². The molecule has 0 amide bonds. The highest BCUT2D eigenvalue weighted by molar-refractivity contribution is 6.02. The first kappa shape index (κ1) is 23.7. The lowest BCUT2D eigenvalue weighted by atomic mass is 9.74. The number of nitrogens with zero attached hydrogens (tertiary/aromatic N) is 5. The van der Waals surface area contributed by atoms with Gasteiger partial charge >= 0.3 is 6.18 Å². The number of aliphatic imine (C=N–C) groups is 2. The molecule has 1 atom stereocenters. The van der Waals surface area contributed by atoms with E-state index in [1.54, 1.807) is 25.1 Å². The fourth-order valence-corrected chi connectivity index (χ4v) is 3.83. The minimum Gasteiger partial charge on any atom is -0.393 e. The van der Waals surface area contributed by atoms with Gasteiger partial charge < -0.3 is 10.2 Å². The molecule has 4 N–H and O–H groups in total. The molecule has 0 unspecified atom stereocenters. The number of fused-ring (bicyclic) bond motifs is 1. The fourth-order valence-electron chi connectivity index (χ4n) is 3.83. The molecule has 2 aromatic heterocycles. The molecule has 3 aromatic rings. The highest BCUT2D eigenvalue weighted by Crippen LogP contribution is 2.38. The average molecular weight is 472 g/mol. The Bertz CT molecular complexity index is 1290. The zero-order valence-electron chi connectivity index (χ0n) is 18.2. The molecule has 1 aromatic carbocycles. The molecule has 2 heterocycles. The highest BCUT2D eigenvalue weighted by atomic mass is 19.4. The maximum absolute atomic E-state index is 13.1. The van der Waals surface area contributed by atoms with Gasteiger partial charge in [-0.25, -0.2) is 9.67 Å². The second-order valence-electron chi connectivity index (χ2n) is 8.25. The zero-order valence-corrected chi connectivity index (χ0v) is 18.2. The number of rotatable bonds is 6. The van der Waals surface area contributed by atoms with Gasteiger partial charge in [-0.1, -0.05) is 18.2 Å². The number of aliphatic hydroxyl groups excluding tert-OH is 1. The van der Waals surface area contributed by atoms with Gasteiger partial charge in [-0.05, 0) is 50.2 Å². The van der Waals surface area contributed by atoms with Crippen LogP contribution in [-0.2, 0) is 6.18 Å². The Hall–Kier alpha value is -3.41. The lowest BCUT2D eigenvalue weighted by Crippen LogP contribution is -2.54. The third-order valence-electron chi connectivity index (χ3n) is 5.88. The molecule has 4 rings (SSSR count). The first-order valence-corrected chi connectivity index (χ1v) is 10.4. The lowest BCUT2D eigenvalue weighted by Gasteiger charge is -2.41. The molecule has 8 nitrogen and oxygen atoms in total. The van der Waals surface area contributed by atoms with Crippen molar-refractivity contribution in [2.75, 3.05) is 0 Å². The van der Waals surface area contributed by atoms with Crippen molar-refractivity contribution >= 4 is 23.3 Å².